The minimum atomic E-state index is -0.537. The third-order valence-corrected chi connectivity index (χ3v) is 8.29. The molecule has 0 bridgehead atoms. The highest BCUT2D eigenvalue weighted by Gasteiger charge is 2.14. The molecule has 0 radical (unpaired) electrons. The van der Waals surface area contributed by atoms with Gasteiger partial charge in [-0.15, -0.1) is 0 Å². The zero-order chi connectivity index (χ0) is 36.3. The lowest BCUT2D eigenvalue weighted by molar-refractivity contribution is 0.205. The van der Waals surface area contributed by atoms with Gasteiger partial charge in [-0.05, 0) is 92.3 Å². The highest BCUT2D eigenvalue weighted by molar-refractivity contribution is 5.83. The van der Waals surface area contributed by atoms with E-state index in [4.69, 9.17) is 29.6 Å². The van der Waals surface area contributed by atoms with Gasteiger partial charge in [0.1, 0.15) is 22.7 Å². The van der Waals surface area contributed by atoms with E-state index in [-0.39, 0.29) is 28.3 Å². The maximum absolute atomic E-state index is 13.0. The van der Waals surface area contributed by atoms with Gasteiger partial charge in [-0.2, -0.15) is 0 Å². The number of ether oxygens (including phenoxy) is 3. The summed E-state index contributed by atoms with van der Waals surface area (Å²) in [5, 5.41) is 11.1. The van der Waals surface area contributed by atoms with Crippen molar-refractivity contribution in [1.29, 1.82) is 5.26 Å². The van der Waals surface area contributed by atoms with Crippen molar-refractivity contribution in [1.82, 2.24) is 0 Å². The number of nitriles is 1. The molecular weight excluding hydrogens is 648 g/mol. The maximum Gasteiger partial charge on any atom is 0.343 e. The molecule has 0 saturated carbocycles. The lowest BCUT2D eigenvalue weighted by Gasteiger charge is -2.22. The van der Waals surface area contributed by atoms with E-state index in [1.807, 2.05) is 56.3 Å². The second kappa shape index (κ2) is 17.0. The minimum Gasteiger partial charge on any atom is -0.457 e. The van der Waals surface area contributed by atoms with Crippen molar-refractivity contribution in [3.63, 3.8) is 0 Å². The van der Waals surface area contributed by atoms with Gasteiger partial charge in [-0.1, -0.05) is 0 Å². The summed E-state index contributed by atoms with van der Waals surface area (Å²) in [6.07, 6.45) is 9.29. The van der Waals surface area contributed by atoms with Crippen molar-refractivity contribution in [3.05, 3.63) is 139 Å². The molecule has 0 saturated heterocycles. The number of hydrogen-bond acceptors (Lipinski definition) is 10. The molecule has 0 amide bonds. The molecule has 0 fully saturated rings. The minimum absolute atomic E-state index is 0.143. The molecular formula is C40H38N4O7. The van der Waals surface area contributed by atoms with E-state index in [1.165, 1.54) is 12.2 Å². The van der Waals surface area contributed by atoms with Gasteiger partial charge in [0, 0.05) is 74.7 Å². The third-order valence-electron chi connectivity index (χ3n) is 8.29. The predicted molar refractivity (Wildman–Crippen MR) is 199 cm³/mol. The van der Waals surface area contributed by atoms with Crippen LogP contribution in [-0.4, -0.2) is 53.6 Å². The third kappa shape index (κ3) is 8.72. The van der Waals surface area contributed by atoms with Crippen LogP contribution in [0, 0.1) is 17.9 Å². The van der Waals surface area contributed by atoms with Crippen molar-refractivity contribution in [2.45, 2.75) is 13.8 Å². The molecule has 3 heterocycles. The van der Waals surface area contributed by atoms with Crippen molar-refractivity contribution in [3.8, 4) is 6.07 Å². The van der Waals surface area contributed by atoms with Gasteiger partial charge >= 0.3 is 11.3 Å². The average Bonchev–Trinajstić information content (AvgIpc) is 3.14. The van der Waals surface area contributed by atoms with Gasteiger partial charge in [0.2, 0.25) is 0 Å². The Bertz CT molecular complexity index is 2120. The average molecular weight is 687 g/mol. The summed E-state index contributed by atoms with van der Waals surface area (Å²) < 4.78 is 27.8. The molecule has 0 aliphatic carbocycles. The Morgan fingerprint density at radius 3 is 1.65 bits per heavy atom. The van der Waals surface area contributed by atoms with Gasteiger partial charge in [-0.25, -0.2) is 19.7 Å². The summed E-state index contributed by atoms with van der Waals surface area (Å²) in [5.74, 6) is 0.532. The van der Waals surface area contributed by atoms with E-state index in [9.17, 15) is 14.9 Å². The fourth-order valence-electron chi connectivity index (χ4n) is 5.54. The fourth-order valence-corrected chi connectivity index (χ4v) is 5.54. The van der Waals surface area contributed by atoms with E-state index in [0.29, 0.717) is 43.0 Å². The Hall–Kier alpha value is -6.14. The standard InChI is InChI=1S/C40H38N4O7/c1-6-43(16-18-47-4)32-12-8-27-20-29(39(45)50-37(27)24-32)10-14-34-22-31(36(26-41)42-3)23-35(49-34)15-11-30-21-28-9-13-33(25-38(28)51-40(30)46)44(7-2)17-19-48-5/h8-15,20-25H,6-7,16-19H2,1-2,4-5H3/b14-10+,15-11+. The molecule has 0 N–H and O–H groups in total. The maximum atomic E-state index is 13.0. The molecule has 2 aromatic carbocycles. The SMILES string of the molecule is [C-]#[N+]C(C#N)=C1C=C(/C=C/c2cc3ccc(N(CC)CCOC)cc3oc2=O)OC(/C=C/c2cc3ccc(N(CC)CCOC)cc3oc2=O)=C1. The van der Waals surface area contributed by atoms with Crippen molar-refractivity contribution >= 4 is 45.5 Å². The Kier molecular flexibility index (Phi) is 12.0. The zero-order valence-corrected chi connectivity index (χ0v) is 29.0. The lowest BCUT2D eigenvalue weighted by atomic mass is 10.1. The fraction of sp³-hybridized carbons (Fsp3) is 0.250. The number of likely N-dealkylation sites (N-methyl/N-ethyl adjacent to an activating group) is 2. The summed E-state index contributed by atoms with van der Waals surface area (Å²) in [6, 6.07) is 16.7. The number of allylic oxidation sites excluding steroid dienone is 6. The van der Waals surface area contributed by atoms with E-state index in [0.717, 1.165) is 35.2 Å². The molecule has 5 rings (SSSR count). The van der Waals surface area contributed by atoms with Gasteiger partial charge < -0.3 is 32.8 Å². The molecule has 1 aliphatic rings. The van der Waals surface area contributed by atoms with E-state index in [1.54, 1.807) is 50.7 Å². The van der Waals surface area contributed by atoms with Crippen LogP contribution < -0.4 is 21.1 Å². The molecule has 0 atom stereocenters. The zero-order valence-electron chi connectivity index (χ0n) is 29.0. The second-order valence-corrected chi connectivity index (χ2v) is 11.5. The Morgan fingerprint density at radius 1 is 0.784 bits per heavy atom. The first kappa shape index (κ1) is 36.1. The number of hydrogen-bond donors (Lipinski definition) is 0. The van der Waals surface area contributed by atoms with Gasteiger partial charge in [0.25, 0.3) is 5.70 Å². The van der Waals surface area contributed by atoms with Crippen LogP contribution in [0.15, 0.2) is 114 Å². The number of fused-ring (bicyclic) bond motifs is 2. The van der Waals surface area contributed by atoms with Gasteiger partial charge in [0.15, 0.2) is 0 Å². The molecule has 2 aromatic heterocycles. The first-order valence-electron chi connectivity index (χ1n) is 16.4. The molecule has 51 heavy (non-hydrogen) atoms. The molecule has 260 valence electrons. The molecule has 0 unspecified atom stereocenters. The number of methoxy groups -OCH3 is 2. The smallest absolute Gasteiger partial charge is 0.343 e. The van der Waals surface area contributed by atoms with Crippen molar-refractivity contribution in [2.75, 3.05) is 63.4 Å². The Labute approximate surface area is 295 Å². The number of benzene rings is 2. The van der Waals surface area contributed by atoms with Crippen LogP contribution >= 0.6 is 0 Å². The summed E-state index contributed by atoms with van der Waals surface area (Å²) >= 11 is 0. The van der Waals surface area contributed by atoms with Crippen molar-refractivity contribution in [2.24, 2.45) is 0 Å². The predicted octanol–water partition coefficient (Wildman–Crippen LogP) is 7.07. The Morgan fingerprint density at radius 2 is 1.25 bits per heavy atom. The van der Waals surface area contributed by atoms with E-state index >= 15 is 0 Å². The van der Waals surface area contributed by atoms with Gasteiger partial charge in [-0.3, -0.25) is 0 Å². The van der Waals surface area contributed by atoms with Crippen LogP contribution in [0.4, 0.5) is 11.4 Å². The van der Waals surface area contributed by atoms with Crippen LogP contribution in [0.5, 0.6) is 0 Å². The number of anilines is 2. The molecule has 11 nitrogen and oxygen atoms in total. The summed E-state index contributed by atoms with van der Waals surface area (Å²) in [4.78, 5) is 33.6. The highest BCUT2D eigenvalue weighted by atomic mass is 16.5. The normalized spacial score (nSPS) is 12.9. The number of rotatable bonds is 14. The lowest BCUT2D eigenvalue weighted by Crippen LogP contribution is -2.26. The first-order valence-corrected chi connectivity index (χ1v) is 16.4. The van der Waals surface area contributed by atoms with Crippen LogP contribution in [0.25, 0.3) is 38.9 Å². The van der Waals surface area contributed by atoms with E-state index in [2.05, 4.69) is 14.6 Å². The number of nitrogens with zero attached hydrogens (tertiary/aromatic N) is 4. The quantitative estimate of drug-likeness (QED) is 0.0774. The molecule has 1 aliphatic heterocycles. The van der Waals surface area contributed by atoms with Crippen LogP contribution in [0.1, 0.15) is 25.0 Å². The topological polar surface area (TPSA) is 123 Å². The van der Waals surface area contributed by atoms with Crippen LogP contribution in [-0.2, 0) is 14.2 Å². The Balaban J connectivity index is 1.40. The largest absolute Gasteiger partial charge is 0.457 e. The molecule has 11 heteroatoms. The molecule has 0 spiro atoms. The van der Waals surface area contributed by atoms with Crippen molar-refractivity contribution < 1.29 is 23.0 Å². The van der Waals surface area contributed by atoms with E-state index < -0.39 is 11.3 Å². The van der Waals surface area contributed by atoms with Gasteiger partial charge in [0.05, 0.1) is 37.0 Å². The monoisotopic (exact) mass is 686 g/mol. The second-order valence-electron chi connectivity index (χ2n) is 11.5. The first-order chi connectivity index (χ1) is 24.8. The van der Waals surface area contributed by atoms with Crippen LogP contribution in [0.3, 0.4) is 0 Å². The highest BCUT2D eigenvalue weighted by Crippen LogP contribution is 2.27. The summed E-state index contributed by atoms with van der Waals surface area (Å²) in [7, 11) is 3.31. The van der Waals surface area contributed by atoms with Crippen LogP contribution in [0.2, 0.25) is 0 Å². The molecule has 4 aromatic rings. The summed E-state index contributed by atoms with van der Waals surface area (Å²) in [5.41, 5.74) is 2.42. The summed E-state index contributed by atoms with van der Waals surface area (Å²) in [6.45, 7) is 15.6.